The lowest BCUT2D eigenvalue weighted by molar-refractivity contribution is -0.267. The van der Waals surface area contributed by atoms with E-state index in [0.29, 0.717) is 6.42 Å². The fraction of sp³-hybridized carbons (Fsp3) is 0.875. The second-order valence-electron chi connectivity index (χ2n) is 6.40. The molecule has 0 amide bonds. The van der Waals surface area contributed by atoms with Crippen LogP contribution in [0.2, 0.25) is 0 Å². The standard InChI is InChI=1S/C16H28F2O5/c1-7-12(22-16(17,18)14(20)21-8-2)10-9-11(3)13(19)23-15(4,5)6/h11-12H,7-10H2,1-6H3. The summed E-state index contributed by atoms with van der Waals surface area (Å²) in [6.07, 6.45) is -4.00. The van der Waals surface area contributed by atoms with E-state index in [4.69, 9.17) is 4.74 Å². The van der Waals surface area contributed by atoms with E-state index in [-0.39, 0.29) is 25.4 Å². The zero-order valence-corrected chi connectivity index (χ0v) is 14.8. The van der Waals surface area contributed by atoms with Crippen molar-refractivity contribution in [2.75, 3.05) is 6.61 Å². The molecule has 0 saturated carbocycles. The Balaban J connectivity index is 4.50. The van der Waals surface area contributed by atoms with Crippen LogP contribution in [0, 0.1) is 5.92 Å². The van der Waals surface area contributed by atoms with E-state index in [1.165, 1.54) is 6.92 Å². The normalized spacial score (nSPS) is 15.0. The summed E-state index contributed by atoms with van der Waals surface area (Å²) in [5.41, 5.74) is -0.594. The van der Waals surface area contributed by atoms with E-state index in [1.54, 1.807) is 34.6 Å². The first-order valence-corrected chi connectivity index (χ1v) is 7.88. The molecule has 0 radical (unpaired) electrons. The molecule has 0 N–H and O–H groups in total. The Labute approximate surface area is 136 Å². The molecule has 0 bridgehead atoms. The highest BCUT2D eigenvalue weighted by Gasteiger charge is 2.44. The molecule has 0 aliphatic carbocycles. The number of esters is 2. The number of ether oxygens (including phenoxy) is 3. The van der Waals surface area contributed by atoms with Gasteiger partial charge in [0.25, 0.3) is 0 Å². The lowest BCUT2D eigenvalue weighted by Crippen LogP contribution is -2.38. The number of hydrogen-bond donors (Lipinski definition) is 0. The molecule has 2 unspecified atom stereocenters. The van der Waals surface area contributed by atoms with Gasteiger partial charge in [0.05, 0.1) is 18.6 Å². The van der Waals surface area contributed by atoms with Crippen LogP contribution in [0.5, 0.6) is 0 Å². The maximum Gasteiger partial charge on any atom is 0.456 e. The maximum atomic E-state index is 13.6. The van der Waals surface area contributed by atoms with Crippen molar-refractivity contribution in [2.24, 2.45) is 5.92 Å². The molecule has 7 heteroatoms. The Morgan fingerprint density at radius 1 is 1.09 bits per heavy atom. The molecule has 0 aromatic carbocycles. The lowest BCUT2D eigenvalue weighted by Gasteiger charge is -2.24. The zero-order chi connectivity index (χ0) is 18.3. The van der Waals surface area contributed by atoms with Crippen molar-refractivity contribution >= 4 is 11.9 Å². The highest BCUT2D eigenvalue weighted by molar-refractivity contribution is 5.75. The summed E-state index contributed by atoms with van der Waals surface area (Å²) in [5.74, 6) is -2.52. The van der Waals surface area contributed by atoms with Crippen LogP contribution < -0.4 is 0 Å². The van der Waals surface area contributed by atoms with Gasteiger partial charge in [-0.2, -0.15) is 8.78 Å². The highest BCUT2D eigenvalue weighted by Crippen LogP contribution is 2.25. The van der Waals surface area contributed by atoms with Gasteiger partial charge in [0, 0.05) is 0 Å². The Hall–Kier alpha value is -1.24. The Morgan fingerprint density at radius 3 is 2.09 bits per heavy atom. The molecular formula is C16H28F2O5. The minimum Gasteiger partial charge on any atom is -0.460 e. The smallest absolute Gasteiger partial charge is 0.456 e. The molecule has 2 atom stereocenters. The number of hydrogen-bond acceptors (Lipinski definition) is 5. The predicted octanol–water partition coefficient (Wildman–Crippen LogP) is 3.70. The van der Waals surface area contributed by atoms with Crippen LogP contribution in [0.1, 0.15) is 60.8 Å². The quantitative estimate of drug-likeness (QED) is 0.600. The average Bonchev–Trinajstić information content (AvgIpc) is 2.41. The van der Waals surface area contributed by atoms with Gasteiger partial charge in [-0.3, -0.25) is 4.79 Å². The van der Waals surface area contributed by atoms with Gasteiger partial charge in [-0.25, -0.2) is 4.79 Å². The molecule has 0 spiro atoms. The molecular weight excluding hydrogens is 310 g/mol. The van der Waals surface area contributed by atoms with Crippen LogP contribution in [0.3, 0.4) is 0 Å². The van der Waals surface area contributed by atoms with Gasteiger partial charge in [-0.1, -0.05) is 13.8 Å². The van der Waals surface area contributed by atoms with Gasteiger partial charge in [0.15, 0.2) is 0 Å². The molecule has 0 aromatic heterocycles. The van der Waals surface area contributed by atoms with Gasteiger partial charge >= 0.3 is 18.0 Å². The predicted molar refractivity (Wildman–Crippen MR) is 81.0 cm³/mol. The number of carbonyl (C=O) groups excluding carboxylic acids is 2. The summed E-state index contributed by atoms with van der Waals surface area (Å²) < 4.78 is 41.2. The van der Waals surface area contributed by atoms with Crippen LogP contribution >= 0.6 is 0 Å². The van der Waals surface area contributed by atoms with Gasteiger partial charge in [-0.15, -0.1) is 0 Å². The van der Waals surface area contributed by atoms with Crippen molar-refractivity contribution in [3.63, 3.8) is 0 Å². The number of rotatable bonds is 9. The first-order chi connectivity index (χ1) is 10.4. The third-order valence-corrected chi connectivity index (χ3v) is 3.01. The third-order valence-electron chi connectivity index (χ3n) is 3.01. The fourth-order valence-corrected chi connectivity index (χ4v) is 1.78. The van der Waals surface area contributed by atoms with E-state index in [1.807, 2.05) is 0 Å². The number of alkyl halides is 2. The van der Waals surface area contributed by atoms with E-state index < -0.39 is 29.7 Å². The van der Waals surface area contributed by atoms with Crippen LogP contribution in [-0.4, -0.2) is 36.4 Å². The van der Waals surface area contributed by atoms with Crippen LogP contribution in [0.25, 0.3) is 0 Å². The largest absolute Gasteiger partial charge is 0.460 e. The minimum absolute atomic E-state index is 0.149. The summed E-state index contributed by atoms with van der Waals surface area (Å²) in [4.78, 5) is 23.0. The second-order valence-corrected chi connectivity index (χ2v) is 6.40. The Kier molecular flexibility index (Phi) is 8.66. The maximum absolute atomic E-state index is 13.6. The third kappa shape index (κ3) is 8.83. The Bertz CT molecular complexity index is 390. The summed E-state index contributed by atoms with van der Waals surface area (Å²) in [6, 6.07) is 0. The van der Waals surface area contributed by atoms with Crippen LogP contribution in [0.15, 0.2) is 0 Å². The monoisotopic (exact) mass is 338 g/mol. The van der Waals surface area contributed by atoms with Crippen LogP contribution in [0.4, 0.5) is 8.78 Å². The molecule has 0 saturated heterocycles. The second kappa shape index (κ2) is 9.15. The molecule has 5 nitrogen and oxygen atoms in total. The first kappa shape index (κ1) is 21.8. The van der Waals surface area contributed by atoms with Crippen LogP contribution in [-0.2, 0) is 23.8 Å². The molecule has 0 aromatic rings. The molecule has 0 rings (SSSR count). The van der Waals surface area contributed by atoms with E-state index in [2.05, 4.69) is 9.47 Å². The van der Waals surface area contributed by atoms with Crippen molar-refractivity contribution in [3.05, 3.63) is 0 Å². The SMILES string of the molecule is CCOC(=O)C(F)(F)OC(CC)CCC(C)C(=O)OC(C)(C)C. The van der Waals surface area contributed by atoms with Gasteiger partial charge < -0.3 is 14.2 Å². The van der Waals surface area contributed by atoms with Crippen molar-refractivity contribution in [1.82, 2.24) is 0 Å². The molecule has 136 valence electrons. The topological polar surface area (TPSA) is 61.8 Å². The Morgan fingerprint density at radius 2 is 1.65 bits per heavy atom. The first-order valence-electron chi connectivity index (χ1n) is 7.88. The lowest BCUT2D eigenvalue weighted by atomic mass is 10.0. The summed E-state index contributed by atoms with van der Waals surface area (Å²) in [6.45, 7) is 9.91. The van der Waals surface area contributed by atoms with Gasteiger partial charge in [-0.05, 0) is 47.0 Å². The number of halogens is 2. The van der Waals surface area contributed by atoms with Gasteiger partial charge in [0.1, 0.15) is 5.60 Å². The van der Waals surface area contributed by atoms with E-state index in [0.717, 1.165) is 0 Å². The van der Waals surface area contributed by atoms with Crippen molar-refractivity contribution in [2.45, 2.75) is 78.6 Å². The van der Waals surface area contributed by atoms with E-state index >= 15 is 0 Å². The molecule has 0 aliphatic rings. The number of carbonyl (C=O) groups is 2. The van der Waals surface area contributed by atoms with Crippen molar-refractivity contribution in [1.29, 1.82) is 0 Å². The minimum atomic E-state index is -3.98. The van der Waals surface area contributed by atoms with Crippen molar-refractivity contribution in [3.8, 4) is 0 Å². The summed E-state index contributed by atoms with van der Waals surface area (Å²) in [5, 5.41) is 0. The molecule has 23 heavy (non-hydrogen) atoms. The van der Waals surface area contributed by atoms with E-state index in [9.17, 15) is 18.4 Å². The fourth-order valence-electron chi connectivity index (χ4n) is 1.78. The summed E-state index contributed by atoms with van der Waals surface area (Å²) >= 11 is 0. The molecule has 0 fully saturated rings. The van der Waals surface area contributed by atoms with Gasteiger partial charge in [0.2, 0.25) is 0 Å². The highest BCUT2D eigenvalue weighted by atomic mass is 19.3. The average molecular weight is 338 g/mol. The summed E-state index contributed by atoms with van der Waals surface area (Å²) in [7, 11) is 0. The molecule has 0 aliphatic heterocycles. The van der Waals surface area contributed by atoms with Crippen molar-refractivity contribution < 1.29 is 32.6 Å². The molecule has 0 heterocycles. The zero-order valence-electron chi connectivity index (χ0n) is 14.8.